The van der Waals surface area contributed by atoms with Crippen LogP contribution in [0.25, 0.3) is 0 Å². The molecule has 0 unspecified atom stereocenters. The monoisotopic (exact) mass is 346 g/mol. The number of anilines is 1. The Hall–Kier alpha value is -2.41. The van der Waals surface area contributed by atoms with Crippen molar-refractivity contribution in [3.63, 3.8) is 0 Å². The summed E-state index contributed by atoms with van der Waals surface area (Å²) in [6, 6.07) is 7.55. The van der Waals surface area contributed by atoms with E-state index in [-0.39, 0.29) is 12.5 Å². The van der Waals surface area contributed by atoms with Crippen molar-refractivity contribution in [2.24, 2.45) is 5.10 Å². The van der Waals surface area contributed by atoms with Crippen LogP contribution in [-0.4, -0.2) is 36.8 Å². The molecular weight excluding hydrogens is 324 g/mol. The van der Waals surface area contributed by atoms with E-state index in [2.05, 4.69) is 34.3 Å². The Balaban J connectivity index is 1.80. The van der Waals surface area contributed by atoms with Gasteiger partial charge >= 0.3 is 0 Å². The van der Waals surface area contributed by atoms with Crippen molar-refractivity contribution in [2.45, 2.75) is 20.8 Å². The average molecular weight is 346 g/mol. The fraction of sp³-hybridized carbons (Fsp3) is 0.353. The molecule has 0 spiro atoms. The minimum atomic E-state index is -0.304. The van der Waals surface area contributed by atoms with E-state index < -0.39 is 0 Å². The standard InChI is InChI=1S/C17H22N4O2S/c1-4-21(5-2)17-18-10-15(24-17)11-19-20-16(22)12-23-14-8-6-7-13(3)9-14/h6-11H,4-5,12H2,1-3H3,(H,20,22)/b19-11-. The molecule has 1 N–H and O–H groups in total. The quantitative estimate of drug-likeness (QED) is 0.589. The lowest BCUT2D eigenvalue weighted by Gasteiger charge is -2.16. The van der Waals surface area contributed by atoms with E-state index in [9.17, 15) is 4.79 Å². The summed E-state index contributed by atoms with van der Waals surface area (Å²) in [5, 5.41) is 4.90. The number of benzene rings is 1. The molecule has 0 radical (unpaired) electrons. The van der Waals surface area contributed by atoms with Gasteiger partial charge in [-0.1, -0.05) is 23.5 Å². The summed E-state index contributed by atoms with van der Waals surface area (Å²) in [5.41, 5.74) is 3.54. The second-order valence-corrected chi connectivity index (χ2v) is 6.16. The third kappa shape index (κ3) is 5.34. The fourth-order valence-electron chi connectivity index (χ4n) is 2.03. The van der Waals surface area contributed by atoms with E-state index in [1.807, 2.05) is 31.2 Å². The van der Waals surface area contributed by atoms with Gasteiger partial charge in [-0.3, -0.25) is 4.79 Å². The van der Waals surface area contributed by atoms with Crippen LogP contribution in [0, 0.1) is 6.92 Å². The summed E-state index contributed by atoms with van der Waals surface area (Å²) >= 11 is 1.54. The number of nitrogens with one attached hydrogen (secondary N) is 1. The van der Waals surface area contributed by atoms with Crippen LogP contribution < -0.4 is 15.1 Å². The highest BCUT2D eigenvalue weighted by Gasteiger charge is 2.06. The number of carbonyl (C=O) groups is 1. The van der Waals surface area contributed by atoms with Gasteiger partial charge in [0.25, 0.3) is 5.91 Å². The molecule has 1 heterocycles. The molecule has 24 heavy (non-hydrogen) atoms. The SMILES string of the molecule is CCN(CC)c1ncc(/C=N\NC(=O)COc2cccc(C)c2)s1. The highest BCUT2D eigenvalue weighted by molar-refractivity contribution is 7.17. The number of aromatic nitrogens is 1. The first-order valence-corrected chi connectivity index (χ1v) is 8.66. The number of nitrogens with zero attached hydrogens (tertiary/aromatic N) is 3. The van der Waals surface area contributed by atoms with Gasteiger partial charge in [-0.05, 0) is 38.5 Å². The van der Waals surface area contributed by atoms with Crippen molar-refractivity contribution in [3.8, 4) is 5.75 Å². The predicted octanol–water partition coefficient (Wildman–Crippen LogP) is 2.83. The van der Waals surface area contributed by atoms with Gasteiger partial charge in [-0.2, -0.15) is 5.10 Å². The first-order chi connectivity index (χ1) is 11.6. The molecule has 0 bridgehead atoms. The Morgan fingerprint density at radius 3 is 2.92 bits per heavy atom. The molecule has 7 heteroatoms. The number of hydrogen-bond acceptors (Lipinski definition) is 6. The predicted molar refractivity (Wildman–Crippen MR) is 98.1 cm³/mol. The highest BCUT2D eigenvalue weighted by atomic mass is 32.1. The first kappa shape index (κ1) is 17.9. The van der Waals surface area contributed by atoms with Gasteiger partial charge in [0, 0.05) is 19.3 Å². The number of thiazole rings is 1. The van der Waals surface area contributed by atoms with Crippen LogP contribution in [0.5, 0.6) is 5.75 Å². The number of rotatable bonds is 8. The molecule has 1 aromatic carbocycles. The van der Waals surface area contributed by atoms with Crippen molar-refractivity contribution < 1.29 is 9.53 Å². The number of carbonyl (C=O) groups excluding carboxylic acids is 1. The molecule has 0 aliphatic heterocycles. The maximum Gasteiger partial charge on any atom is 0.277 e. The van der Waals surface area contributed by atoms with E-state index in [1.54, 1.807) is 12.4 Å². The zero-order valence-corrected chi connectivity index (χ0v) is 15.0. The molecule has 6 nitrogen and oxygen atoms in total. The van der Waals surface area contributed by atoms with Gasteiger partial charge in [-0.15, -0.1) is 0 Å². The maximum absolute atomic E-state index is 11.7. The third-order valence-electron chi connectivity index (χ3n) is 3.29. The van der Waals surface area contributed by atoms with Crippen LogP contribution in [0.2, 0.25) is 0 Å². The smallest absolute Gasteiger partial charge is 0.277 e. The Kier molecular flexibility index (Phi) is 6.74. The van der Waals surface area contributed by atoms with E-state index in [0.29, 0.717) is 5.75 Å². The molecule has 0 atom stereocenters. The molecule has 0 aliphatic rings. The maximum atomic E-state index is 11.7. The Bertz CT molecular complexity index is 695. The zero-order valence-electron chi connectivity index (χ0n) is 14.2. The molecule has 0 fully saturated rings. The molecule has 0 saturated heterocycles. The lowest BCUT2D eigenvalue weighted by Crippen LogP contribution is -2.24. The Morgan fingerprint density at radius 2 is 2.21 bits per heavy atom. The number of hydrazone groups is 1. The Labute approximate surface area is 146 Å². The van der Waals surface area contributed by atoms with Crippen LogP contribution in [-0.2, 0) is 4.79 Å². The van der Waals surface area contributed by atoms with Crippen molar-refractivity contribution in [1.82, 2.24) is 10.4 Å². The van der Waals surface area contributed by atoms with Crippen LogP contribution in [0.1, 0.15) is 24.3 Å². The molecule has 0 aliphatic carbocycles. The summed E-state index contributed by atoms with van der Waals surface area (Å²) < 4.78 is 5.41. The van der Waals surface area contributed by atoms with Gasteiger partial charge in [0.1, 0.15) is 5.75 Å². The van der Waals surface area contributed by atoms with Crippen LogP contribution in [0.3, 0.4) is 0 Å². The minimum Gasteiger partial charge on any atom is -0.484 e. The van der Waals surface area contributed by atoms with Crippen molar-refractivity contribution in [1.29, 1.82) is 0 Å². The minimum absolute atomic E-state index is 0.0752. The van der Waals surface area contributed by atoms with Crippen LogP contribution in [0.15, 0.2) is 35.6 Å². The van der Waals surface area contributed by atoms with Gasteiger partial charge < -0.3 is 9.64 Å². The largest absolute Gasteiger partial charge is 0.484 e. The van der Waals surface area contributed by atoms with Gasteiger partial charge in [0.2, 0.25) is 0 Å². The molecule has 2 rings (SSSR count). The summed E-state index contributed by atoms with van der Waals surface area (Å²) in [7, 11) is 0. The van der Waals surface area contributed by atoms with Gasteiger partial charge in [0.05, 0.1) is 11.1 Å². The van der Waals surface area contributed by atoms with Crippen molar-refractivity contribution >= 4 is 28.6 Å². The molecular formula is C17H22N4O2S. The van der Waals surface area contributed by atoms with Crippen molar-refractivity contribution in [2.75, 3.05) is 24.6 Å². The number of ether oxygens (including phenoxy) is 1. The number of aryl methyl sites for hydroxylation is 1. The summed E-state index contributed by atoms with van der Waals surface area (Å²) in [6.07, 6.45) is 3.34. The van der Waals surface area contributed by atoms with E-state index in [1.165, 1.54) is 11.3 Å². The lowest BCUT2D eigenvalue weighted by molar-refractivity contribution is -0.123. The normalized spacial score (nSPS) is 10.8. The summed E-state index contributed by atoms with van der Waals surface area (Å²) in [5.74, 6) is 0.363. The average Bonchev–Trinajstić information content (AvgIpc) is 3.03. The second kappa shape index (κ2) is 9.02. The Morgan fingerprint density at radius 1 is 1.42 bits per heavy atom. The first-order valence-electron chi connectivity index (χ1n) is 7.84. The fourth-order valence-corrected chi connectivity index (χ4v) is 2.95. The molecule has 0 saturated carbocycles. The second-order valence-electron chi connectivity index (χ2n) is 5.12. The third-order valence-corrected chi connectivity index (χ3v) is 4.28. The van der Waals surface area contributed by atoms with Crippen LogP contribution in [0.4, 0.5) is 5.13 Å². The molecule has 128 valence electrons. The van der Waals surface area contributed by atoms with Crippen LogP contribution >= 0.6 is 11.3 Å². The molecule has 1 aromatic heterocycles. The van der Waals surface area contributed by atoms with Gasteiger partial charge in [0.15, 0.2) is 11.7 Å². The zero-order chi connectivity index (χ0) is 17.4. The molecule has 2 aromatic rings. The summed E-state index contributed by atoms with van der Waals surface area (Å²) in [6.45, 7) is 7.90. The van der Waals surface area contributed by atoms with Gasteiger partial charge in [-0.25, -0.2) is 10.4 Å². The topological polar surface area (TPSA) is 66.8 Å². The number of amides is 1. The highest BCUT2D eigenvalue weighted by Crippen LogP contribution is 2.20. The molecule has 1 amide bonds. The number of hydrogen-bond donors (Lipinski definition) is 1. The van der Waals surface area contributed by atoms with Crippen molar-refractivity contribution in [3.05, 3.63) is 40.9 Å². The lowest BCUT2D eigenvalue weighted by atomic mass is 10.2. The van der Waals surface area contributed by atoms with E-state index in [4.69, 9.17) is 4.74 Å². The van der Waals surface area contributed by atoms with E-state index >= 15 is 0 Å². The van der Waals surface area contributed by atoms with E-state index in [0.717, 1.165) is 28.7 Å². The summed E-state index contributed by atoms with van der Waals surface area (Å²) in [4.78, 5) is 19.1.